The van der Waals surface area contributed by atoms with Crippen molar-refractivity contribution < 1.29 is 13.9 Å². The number of methoxy groups -OCH3 is 1. The number of nitrogens with one attached hydrogen (secondary N) is 2. The van der Waals surface area contributed by atoms with E-state index in [9.17, 15) is 9.18 Å². The molecule has 110 valence electrons. The Morgan fingerprint density at radius 2 is 2.00 bits per heavy atom. The van der Waals surface area contributed by atoms with Gasteiger partial charge < -0.3 is 15.4 Å². The van der Waals surface area contributed by atoms with Crippen LogP contribution < -0.4 is 15.4 Å². The number of ether oxygens (including phenoxy) is 1. The average Bonchev–Trinajstić information content (AvgIpc) is 2.45. The SMILES string of the molecule is COc1ccc(NCC(=O)Nc2cccc(F)c2)cc1C. The van der Waals surface area contributed by atoms with Gasteiger partial charge in [0, 0.05) is 11.4 Å². The molecule has 0 saturated carbocycles. The Bertz CT molecular complexity index is 644. The molecule has 2 aromatic carbocycles. The lowest BCUT2D eigenvalue weighted by Crippen LogP contribution is -2.21. The van der Waals surface area contributed by atoms with E-state index < -0.39 is 0 Å². The topological polar surface area (TPSA) is 50.4 Å². The molecular weight excluding hydrogens is 271 g/mol. The summed E-state index contributed by atoms with van der Waals surface area (Å²) >= 11 is 0. The molecule has 0 spiro atoms. The molecule has 0 unspecified atom stereocenters. The van der Waals surface area contributed by atoms with E-state index in [0.717, 1.165) is 17.0 Å². The van der Waals surface area contributed by atoms with Crippen molar-refractivity contribution in [3.63, 3.8) is 0 Å². The monoisotopic (exact) mass is 288 g/mol. The van der Waals surface area contributed by atoms with Gasteiger partial charge in [-0.2, -0.15) is 0 Å². The van der Waals surface area contributed by atoms with Crippen LogP contribution in [0.5, 0.6) is 5.75 Å². The number of rotatable bonds is 5. The van der Waals surface area contributed by atoms with Crippen LogP contribution >= 0.6 is 0 Å². The van der Waals surface area contributed by atoms with Crippen LogP contribution in [0.15, 0.2) is 42.5 Å². The van der Waals surface area contributed by atoms with E-state index in [1.165, 1.54) is 12.1 Å². The lowest BCUT2D eigenvalue weighted by molar-refractivity contribution is -0.114. The molecule has 0 aromatic heterocycles. The number of amides is 1. The second-order valence-corrected chi connectivity index (χ2v) is 4.60. The molecule has 0 radical (unpaired) electrons. The molecule has 1 amide bonds. The third kappa shape index (κ3) is 4.21. The van der Waals surface area contributed by atoms with Gasteiger partial charge in [-0.1, -0.05) is 6.07 Å². The maximum absolute atomic E-state index is 13.0. The number of aryl methyl sites for hydroxylation is 1. The van der Waals surface area contributed by atoms with E-state index in [0.29, 0.717) is 5.69 Å². The highest BCUT2D eigenvalue weighted by molar-refractivity contribution is 5.93. The summed E-state index contributed by atoms with van der Waals surface area (Å²) in [6.07, 6.45) is 0. The van der Waals surface area contributed by atoms with Crippen LogP contribution in [0.2, 0.25) is 0 Å². The Kier molecular flexibility index (Phi) is 4.77. The second-order valence-electron chi connectivity index (χ2n) is 4.60. The van der Waals surface area contributed by atoms with E-state index in [4.69, 9.17) is 4.74 Å². The molecule has 2 aromatic rings. The minimum Gasteiger partial charge on any atom is -0.496 e. The molecule has 4 nitrogen and oxygen atoms in total. The Morgan fingerprint density at radius 1 is 1.19 bits per heavy atom. The highest BCUT2D eigenvalue weighted by Gasteiger charge is 2.04. The van der Waals surface area contributed by atoms with E-state index in [2.05, 4.69) is 10.6 Å². The van der Waals surface area contributed by atoms with Crippen molar-refractivity contribution in [2.75, 3.05) is 24.3 Å². The molecule has 0 atom stereocenters. The predicted molar refractivity (Wildman–Crippen MR) is 81.3 cm³/mol. The lowest BCUT2D eigenvalue weighted by Gasteiger charge is -2.10. The summed E-state index contributed by atoms with van der Waals surface area (Å²) in [6, 6.07) is 11.4. The molecule has 0 aliphatic rings. The van der Waals surface area contributed by atoms with Gasteiger partial charge in [0.25, 0.3) is 0 Å². The molecule has 0 saturated heterocycles. The van der Waals surface area contributed by atoms with Gasteiger partial charge in [-0.15, -0.1) is 0 Å². The number of hydrogen-bond acceptors (Lipinski definition) is 3. The fourth-order valence-electron chi connectivity index (χ4n) is 1.94. The Balaban J connectivity index is 1.90. The standard InChI is InChI=1S/C16H17FN2O2/c1-11-8-13(6-7-15(11)21-2)18-10-16(20)19-14-5-3-4-12(17)9-14/h3-9,18H,10H2,1-2H3,(H,19,20). The second kappa shape index (κ2) is 6.74. The van der Waals surface area contributed by atoms with Crippen molar-refractivity contribution in [1.29, 1.82) is 0 Å². The molecule has 5 heteroatoms. The molecule has 21 heavy (non-hydrogen) atoms. The maximum atomic E-state index is 13.0. The van der Waals surface area contributed by atoms with Gasteiger partial charge in [0.05, 0.1) is 13.7 Å². The maximum Gasteiger partial charge on any atom is 0.243 e. The van der Waals surface area contributed by atoms with E-state index in [-0.39, 0.29) is 18.3 Å². The zero-order chi connectivity index (χ0) is 15.2. The quantitative estimate of drug-likeness (QED) is 0.888. The van der Waals surface area contributed by atoms with Crippen LogP contribution in [0, 0.1) is 12.7 Å². The smallest absolute Gasteiger partial charge is 0.243 e. The Labute approximate surface area is 122 Å². The first kappa shape index (κ1) is 14.8. The summed E-state index contributed by atoms with van der Waals surface area (Å²) < 4.78 is 18.2. The number of benzene rings is 2. The van der Waals surface area contributed by atoms with Gasteiger partial charge in [0.1, 0.15) is 11.6 Å². The normalized spacial score (nSPS) is 10.0. The number of halogens is 1. The van der Waals surface area contributed by atoms with E-state index in [1.54, 1.807) is 19.2 Å². The third-order valence-corrected chi connectivity index (χ3v) is 2.96. The van der Waals surface area contributed by atoms with Gasteiger partial charge in [-0.25, -0.2) is 4.39 Å². The first-order valence-corrected chi connectivity index (χ1v) is 6.52. The average molecular weight is 288 g/mol. The van der Waals surface area contributed by atoms with E-state index in [1.807, 2.05) is 25.1 Å². The van der Waals surface area contributed by atoms with Crippen LogP contribution in [0.3, 0.4) is 0 Å². The fourth-order valence-corrected chi connectivity index (χ4v) is 1.94. The van der Waals surface area contributed by atoms with Gasteiger partial charge in [-0.3, -0.25) is 4.79 Å². The summed E-state index contributed by atoms with van der Waals surface area (Å²) in [7, 11) is 1.61. The molecule has 0 aliphatic heterocycles. The molecular formula is C16H17FN2O2. The number of anilines is 2. The van der Waals surface area contributed by atoms with Gasteiger partial charge in [-0.05, 0) is 48.9 Å². The summed E-state index contributed by atoms with van der Waals surface area (Å²) in [4.78, 5) is 11.8. The van der Waals surface area contributed by atoms with Crippen molar-refractivity contribution in [3.05, 3.63) is 53.8 Å². The fraction of sp³-hybridized carbons (Fsp3) is 0.188. The number of carbonyl (C=O) groups excluding carboxylic acids is 1. The van der Waals surface area contributed by atoms with Crippen LogP contribution in [0.4, 0.5) is 15.8 Å². The van der Waals surface area contributed by atoms with Gasteiger partial charge in [0.15, 0.2) is 0 Å². The van der Waals surface area contributed by atoms with Crippen molar-refractivity contribution in [1.82, 2.24) is 0 Å². The zero-order valence-electron chi connectivity index (χ0n) is 11.9. The summed E-state index contributed by atoms with van der Waals surface area (Å²) in [6.45, 7) is 2.03. The van der Waals surface area contributed by atoms with Crippen molar-refractivity contribution in [3.8, 4) is 5.75 Å². The number of hydrogen-bond donors (Lipinski definition) is 2. The predicted octanol–water partition coefficient (Wildman–Crippen LogP) is 3.19. The van der Waals surface area contributed by atoms with Gasteiger partial charge in [0.2, 0.25) is 5.91 Å². The lowest BCUT2D eigenvalue weighted by atomic mass is 10.2. The minimum atomic E-state index is -0.383. The molecule has 0 aliphatic carbocycles. The molecule has 0 bridgehead atoms. The van der Waals surface area contributed by atoms with E-state index >= 15 is 0 Å². The highest BCUT2D eigenvalue weighted by atomic mass is 19.1. The molecule has 2 rings (SSSR count). The van der Waals surface area contributed by atoms with Crippen molar-refractivity contribution in [2.45, 2.75) is 6.92 Å². The van der Waals surface area contributed by atoms with Crippen LogP contribution in [-0.2, 0) is 4.79 Å². The van der Waals surface area contributed by atoms with Gasteiger partial charge >= 0.3 is 0 Å². The zero-order valence-corrected chi connectivity index (χ0v) is 11.9. The van der Waals surface area contributed by atoms with Crippen molar-refractivity contribution >= 4 is 17.3 Å². The largest absolute Gasteiger partial charge is 0.496 e. The Hall–Kier alpha value is -2.56. The first-order valence-electron chi connectivity index (χ1n) is 6.52. The molecule has 2 N–H and O–H groups in total. The molecule has 0 heterocycles. The van der Waals surface area contributed by atoms with Crippen LogP contribution in [-0.4, -0.2) is 19.6 Å². The Morgan fingerprint density at radius 3 is 2.67 bits per heavy atom. The molecule has 0 fully saturated rings. The first-order chi connectivity index (χ1) is 10.1. The summed E-state index contributed by atoms with van der Waals surface area (Å²) in [5.74, 6) is 0.172. The van der Waals surface area contributed by atoms with Crippen LogP contribution in [0.25, 0.3) is 0 Å². The summed E-state index contributed by atoms with van der Waals surface area (Å²) in [5.41, 5.74) is 2.24. The highest BCUT2D eigenvalue weighted by Crippen LogP contribution is 2.21. The third-order valence-electron chi connectivity index (χ3n) is 2.96. The number of carbonyl (C=O) groups is 1. The minimum absolute atomic E-state index is 0.0995. The van der Waals surface area contributed by atoms with Crippen LogP contribution in [0.1, 0.15) is 5.56 Å². The van der Waals surface area contributed by atoms with Crippen molar-refractivity contribution in [2.24, 2.45) is 0 Å². The summed E-state index contributed by atoms with van der Waals surface area (Å²) in [5, 5.41) is 5.63.